The highest BCUT2D eigenvalue weighted by atomic mass is 32.1. The first-order valence-electron chi connectivity index (χ1n) is 5.89. The topological polar surface area (TPSA) is 75.1 Å². The summed E-state index contributed by atoms with van der Waals surface area (Å²) < 4.78 is 4.24. The van der Waals surface area contributed by atoms with E-state index in [1.165, 1.54) is 11.5 Å². The number of nitrogens with zero attached hydrogens (tertiary/aromatic N) is 2. The van der Waals surface area contributed by atoms with Crippen LogP contribution < -0.4 is 5.32 Å². The van der Waals surface area contributed by atoms with E-state index in [0.717, 1.165) is 18.7 Å². The van der Waals surface area contributed by atoms with Gasteiger partial charge in [0.1, 0.15) is 11.9 Å². The smallest absolute Gasteiger partial charge is 0.326 e. The second-order valence-corrected chi connectivity index (χ2v) is 5.65. The first-order chi connectivity index (χ1) is 8.06. The maximum absolute atomic E-state index is 11.1. The Morgan fingerprint density at radius 2 is 2.29 bits per heavy atom. The molecule has 0 bridgehead atoms. The Kier molecular flexibility index (Phi) is 3.61. The highest BCUT2D eigenvalue weighted by molar-refractivity contribution is 7.09. The van der Waals surface area contributed by atoms with Crippen LogP contribution >= 0.6 is 11.5 Å². The van der Waals surface area contributed by atoms with Gasteiger partial charge in [-0.15, -0.1) is 0 Å². The average Bonchev–Trinajstić information content (AvgIpc) is 2.98. The third-order valence-electron chi connectivity index (χ3n) is 2.69. The van der Waals surface area contributed by atoms with Crippen LogP contribution in [0.15, 0.2) is 0 Å². The highest BCUT2D eigenvalue weighted by Gasteiger charge is 2.28. The lowest BCUT2D eigenvalue weighted by molar-refractivity contribution is -0.138. The number of rotatable bonds is 6. The summed E-state index contributed by atoms with van der Waals surface area (Å²) in [6.45, 7) is 4.01. The summed E-state index contributed by atoms with van der Waals surface area (Å²) in [5.41, 5.74) is 0. The van der Waals surface area contributed by atoms with E-state index in [0.29, 0.717) is 23.4 Å². The van der Waals surface area contributed by atoms with Crippen LogP contribution in [0.25, 0.3) is 0 Å². The van der Waals surface area contributed by atoms with Gasteiger partial charge >= 0.3 is 5.97 Å². The predicted molar refractivity (Wildman–Crippen MR) is 66.4 cm³/mol. The van der Waals surface area contributed by atoms with Crippen molar-refractivity contribution in [2.24, 2.45) is 5.92 Å². The van der Waals surface area contributed by atoms with Crippen molar-refractivity contribution in [1.82, 2.24) is 9.36 Å². The van der Waals surface area contributed by atoms with Gasteiger partial charge in [0.15, 0.2) is 0 Å². The number of nitrogens with one attached hydrogen (secondary N) is 1. The van der Waals surface area contributed by atoms with Gasteiger partial charge in [-0.3, -0.25) is 0 Å². The lowest BCUT2D eigenvalue weighted by Crippen LogP contribution is -2.30. The highest BCUT2D eigenvalue weighted by Crippen LogP contribution is 2.39. The summed E-state index contributed by atoms with van der Waals surface area (Å²) in [7, 11) is 0. The number of anilines is 1. The summed E-state index contributed by atoms with van der Waals surface area (Å²) in [5.74, 6) is 0.877. The van der Waals surface area contributed by atoms with Crippen LogP contribution in [0.1, 0.15) is 44.9 Å². The zero-order chi connectivity index (χ0) is 12.4. The summed E-state index contributed by atoms with van der Waals surface area (Å²) in [4.78, 5) is 15.4. The summed E-state index contributed by atoms with van der Waals surface area (Å²) in [6.07, 6.45) is 2.91. The van der Waals surface area contributed by atoms with E-state index in [-0.39, 0.29) is 0 Å². The van der Waals surface area contributed by atoms with Crippen LogP contribution in [0.5, 0.6) is 0 Å². The van der Waals surface area contributed by atoms with Crippen LogP contribution in [0, 0.1) is 5.92 Å². The monoisotopic (exact) mass is 255 g/mol. The quantitative estimate of drug-likeness (QED) is 0.816. The zero-order valence-electron chi connectivity index (χ0n) is 10.0. The lowest BCUT2D eigenvalue weighted by Gasteiger charge is -2.15. The van der Waals surface area contributed by atoms with Crippen LogP contribution in [-0.2, 0) is 4.79 Å². The summed E-state index contributed by atoms with van der Waals surface area (Å²) in [5, 5.41) is 12.7. The van der Waals surface area contributed by atoms with E-state index in [2.05, 4.69) is 14.7 Å². The Labute approximate surface area is 104 Å². The molecule has 1 fully saturated rings. The summed E-state index contributed by atoms with van der Waals surface area (Å²) >= 11 is 1.26. The van der Waals surface area contributed by atoms with Crippen molar-refractivity contribution in [2.75, 3.05) is 5.32 Å². The molecule has 0 unspecified atom stereocenters. The van der Waals surface area contributed by atoms with E-state index in [9.17, 15) is 4.79 Å². The SMILES string of the molecule is CC(C)C[C@@H](Nc1nc(C2CC2)ns1)C(=O)O. The molecule has 1 aromatic heterocycles. The number of carbonyl (C=O) groups is 1. The van der Waals surface area contributed by atoms with Crippen LogP contribution in [0.2, 0.25) is 0 Å². The van der Waals surface area contributed by atoms with Crippen LogP contribution in [0.3, 0.4) is 0 Å². The molecule has 2 N–H and O–H groups in total. The molecule has 1 atom stereocenters. The van der Waals surface area contributed by atoms with Gasteiger partial charge in [-0.05, 0) is 25.2 Å². The fourth-order valence-electron chi connectivity index (χ4n) is 1.64. The van der Waals surface area contributed by atoms with Gasteiger partial charge < -0.3 is 10.4 Å². The van der Waals surface area contributed by atoms with Gasteiger partial charge in [0.2, 0.25) is 5.13 Å². The molecule has 1 heterocycles. The minimum absolute atomic E-state index is 0.333. The number of aliphatic carboxylic acids is 1. The van der Waals surface area contributed by atoms with Crippen molar-refractivity contribution in [2.45, 2.75) is 45.1 Å². The number of hydrogen-bond donors (Lipinski definition) is 2. The zero-order valence-corrected chi connectivity index (χ0v) is 10.8. The molecule has 0 aromatic carbocycles. The molecule has 0 aliphatic heterocycles. The fraction of sp³-hybridized carbons (Fsp3) is 0.727. The Hall–Kier alpha value is -1.17. The van der Waals surface area contributed by atoms with Crippen LogP contribution in [0.4, 0.5) is 5.13 Å². The van der Waals surface area contributed by atoms with E-state index in [1.807, 2.05) is 13.8 Å². The number of hydrogen-bond acceptors (Lipinski definition) is 5. The third kappa shape index (κ3) is 3.39. The molecule has 2 rings (SSSR count). The largest absolute Gasteiger partial charge is 0.480 e. The van der Waals surface area contributed by atoms with Crippen molar-refractivity contribution in [1.29, 1.82) is 0 Å². The minimum Gasteiger partial charge on any atom is -0.480 e. The second-order valence-electron chi connectivity index (χ2n) is 4.90. The Bertz CT molecular complexity index is 401. The van der Waals surface area contributed by atoms with Gasteiger partial charge in [0.25, 0.3) is 0 Å². The molecule has 6 heteroatoms. The Morgan fingerprint density at radius 1 is 1.59 bits per heavy atom. The average molecular weight is 255 g/mol. The predicted octanol–water partition coefficient (Wildman–Crippen LogP) is 2.33. The first-order valence-corrected chi connectivity index (χ1v) is 6.66. The standard InChI is InChI=1S/C11H17N3O2S/c1-6(2)5-8(10(15)16)12-11-13-9(14-17-11)7-3-4-7/h6-8H,3-5H2,1-2H3,(H,15,16)(H,12,13,14)/t8-/m1/s1. The number of aromatic nitrogens is 2. The molecule has 0 spiro atoms. The number of carboxylic acids is 1. The molecule has 0 saturated heterocycles. The van der Waals surface area contributed by atoms with Gasteiger partial charge in [-0.2, -0.15) is 4.37 Å². The van der Waals surface area contributed by atoms with Crippen molar-refractivity contribution in [3.63, 3.8) is 0 Å². The fourth-order valence-corrected chi connectivity index (χ4v) is 2.34. The number of carboxylic acid groups (broad SMARTS) is 1. The van der Waals surface area contributed by atoms with E-state index >= 15 is 0 Å². The van der Waals surface area contributed by atoms with Crippen molar-refractivity contribution >= 4 is 22.6 Å². The molecular formula is C11H17N3O2S. The Morgan fingerprint density at radius 3 is 2.82 bits per heavy atom. The van der Waals surface area contributed by atoms with Gasteiger partial charge in [0, 0.05) is 17.5 Å². The normalized spacial score (nSPS) is 17.1. The van der Waals surface area contributed by atoms with Crippen LogP contribution in [-0.4, -0.2) is 26.5 Å². The molecule has 1 aromatic rings. The van der Waals surface area contributed by atoms with Gasteiger partial charge in [0.05, 0.1) is 0 Å². The maximum atomic E-state index is 11.1. The summed E-state index contributed by atoms with van der Waals surface area (Å²) in [6, 6.07) is -0.574. The Balaban J connectivity index is 1.97. The molecule has 17 heavy (non-hydrogen) atoms. The molecule has 1 saturated carbocycles. The minimum atomic E-state index is -0.832. The lowest BCUT2D eigenvalue weighted by atomic mass is 10.0. The maximum Gasteiger partial charge on any atom is 0.326 e. The van der Waals surface area contributed by atoms with E-state index < -0.39 is 12.0 Å². The molecule has 1 aliphatic rings. The van der Waals surface area contributed by atoms with E-state index in [1.54, 1.807) is 0 Å². The van der Waals surface area contributed by atoms with Crippen molar-refractivity contribution in [3.8, 4) is 0 Å². The van der Waals surface area contributed by atoms with Gasteiger partial charge in [-0.1, -0.05) is 13.8 Å². The molecule has 94 valence electrons. The molecule has 5 nitrogen and oxygen atoms in total. The molecular weight excluding hydrogens is 238 g/mol. The third-order valence-corrected chi connectivity index (χ3v) is 3.35. The van der Waals surface area contributed by atoms with Crippen molar-refractivity contribution < 1.29 is 9.90 Å². The van der Waals surface area contributed by atoms with Gasteiger partial charge in [-0.25, -0.2) is 9.78 Å². The molecule has 0 radical (unpaired) electrons. The second kappa shape index (κ2) is 5.00. The van der Waals surface area contributed by atoms with Crippen molar-refractivity contribution in [3.05, 3.63) is 5.82 Å². The molecule has 1 aliphatic carbocycles. The first kappa shape index (κ1) is 12.3. The van der Waals surface area contributed by atoms with E-state index in [4.69, 9.17) is 5.11 Å². The molecule has 0 amide bonds.